The summed E-state index contributed by atoms with van der Waals surface area (Å²) in [6.07, 6.45) is 6.63. The van der Waals surface area contributed by atoms with E-state index in [4.69, 9.17) is 0 Å². The Morgan fingerprint density at radius 1 is 1.19 bits per heavy atom. The number of nitrogens with one attached hydrogen (secondary N) is 1. The summed E-state index contributed by atoms with van der Waals surface area (Å²) in [5.74, 6) is 0.889. The molecule has 116 valence electrons. The summed E-state index contributed by atoms with van der Waals surface area (Å²) in [6, 6.07) is 8.48. The Balaban J connectivity index is 1.51. The average Bonchev–Trinajstić information content (AvgIpc) is 3.04. The first-order valence-corrected chi connectivity index (χ1v) is 9.18. The fraction of sp³-hybridized carbons (Fsp3) is 0.647. The highest BCUT2D eigenvalue weighted by Crippen LogP contribution is 2.26. The van der Waals surface area contributed by atoms with E-state index in [1.807, 2.05) is 12.1 Å². The lowest BCUT2D eigenvalue weighted by atomic mass is 9.95. The molecule has 2 aliphatic heterocycles. The predicted octanol–water partition coefficient (Wildman–Crippen LogP) is 3.52. The summed E-state index contributed by atoms with van der Waals surface area (Å²) in [5.41, 5.74) is 0. The summed E-state index contributed by atoms with van der Waals surface area (Å²) >= 11 is 1.65. The standard InChI is InChI=1S/C17H25FN2S/c18-14-6-1-2-9-17(14)21-13-12-20-11-4-3-8-16(20)15-7-5-10-19-15/h1-2,6,9,15-16,19H,3-5,7-8,10-13H2. The van der Waals surface area contributed by atoms with Gasteiger partial charge in [-0.1, -0.05) is 18.6 Å². The molecular weight excluding hydrogens is 283 g/mol. The number of likely N-dealkylation sites (tertiary alicyclic amines) is 1. The molecule has 0 aromatic heterocycles. The van der Waals surface area contributed by atoms with Crippen molar-refractivity contribution < 1.29 is 4.39 Å². The normalized spacial score (nSPS) is 27.1. The van der Waals surface area contributed by atoms with E-state index in [1.54, 1.807) is 23.9 Å². The average molecular weight is 308 g/mol. The van der Waals surface area contributed by atoms with Crippen LogP contribution in [0.1, 0.15) is 32.1 Å². The van der Waals surface area contributed by atoms with Crippen molar-refractivity contribution in [1.82, 2.24) is 10.2 Å². The lowest BCUT2D eigenvalue weighted by Gasteiger charge is -2.39. The molecule has 1 N–H and O–H groups in total. The lowest BCUT2D eigenvalue weighted by Crippen LogP contribution is -2.50. The number of hydrogen-bond acceptors (Lipinski definition) is 3. The Bertz CT molecular complexity index is 448. The van der Waals surface area contributed by atoms with Gasteiger partial charge in [-0.3, -0.25) is 4.90 Å². The molecule has 0 saturated carbocycles. The van der Waals surface area contributed by atoms with E-state index in [0.29, 0.717) is 12.1 Å². The molecule has 2 aliphatic rings. The number of nitrogens with zero attached hydrogens (tertiary/aromatic N) is 1. The number of rotatable bonds is 5. The molecule has 3 rings (SSSR count). The molecule has 1 aromatic carbocycles. The van der Waals surface area contributed by atoms with Gasteiger partial charge in [-0.05, 0) is 50.9 Å². The number of halogens is 1. The van der Waals surface area contributed by atoms with Crippen molar-refractivity contribution in [3.63, 3.8) is 0 Å². The van der Waals surface area contributed by atoms with Gasteiger partial charge in [0.1, 0.15) is 5.82 Å². The van der Waals surface area contributed by atoms with E-state index in [2.05, 4.69) is 10.2 Å². The summed E-state index contributed by atoms with van der Waals surface area (Å²) < 4.78 is 13.6. The van der Waals surface area contributed by atoms with Crippen LogP contribution < -0.4 is 5.32 Å². The van der Waals surface area contributed by atoms with Gasteiger partial charge in [-0.2, -0.15) is 0 Å². The van der Waals surface area contributed by atoms with E-state index >= 15 is 0 Å². The van der Waals surface area contributed by atoms with Crippen molar-refractivity contribution in [1.29, 1.82) is 0 Å². The van der Waals surface area contributed by atoms with E-state index in [9.17, 15) is 4.39 Å². The second-order valence-electron chi connectivity index (χ2n) is 6.08. The van der Waals surface area contributed by atoms with Crippen molar-refractivity contribution in [2.45, 2.75) is 49.1 Å². The fourth-order valence-electron chi connectivity index (χ4n) is 3.62. The second-order valence-corrected chi connectivity index (χ2v) is 7.22. The maximum Gasteiger partial charge on any atom is 0.136 e. The first kappa shape index (κ1) is 15.3. The lowest BCUT2D eigenvalue weighted by molar-refractivity contribution is 0.128. The zero-order valence-corrected chi connectivity index (χ0v) is 13.4. The minimum atomic E-state index is -0.0878. The van der Waals surface area contributed by atoms with Crippen LogP contribution in [0.2, 0.25) is 0 Å². The number of thioether (sulfide) groups is 1. The van der Waals surface area contributed by atoms with Crippen molar-refractivity contribution >= 4 is 11.8 Å². The Labute approximate surface area is 131 Å². The van der Waals surface area contributed by atoms with E-state index in [0.717, 1.165) is 17.2 Å². The maximum absolute atomic E-state index is 13.6. The first-order chi connectivity index (χ1) is 10.3. The molecule has 2 atom stereocenters. The van der Waals surface area contributed by atoms with Crippen molar-refractivity contribution in [2.24, 2.45) is 0 Å². The van der Waals surface area contributed by atoms with E-state index in [1.165, 1.54) is 45.2 Å². The molecule has 4 heteroatoms. The zero-order valence-electron chi connectivity index (χ0n) is 12.6. The van der Waals surface area contributed by atoms with Crippen LogP contribution >= 0.6 is 11.8 Å². The largest absolute Gasteiger partial charge is 0.312 e. The first-order valence-electron chi connectivity index (χ1n) is 8.19. The third kappa shape index (κ3) is 3.99. The highest BCUT2D eigenvalue weighted by Gasteiger charge is 2.31. The van der Waals surface area contributed by atoms with Gasteiger partial charge in [0.25, 0.3) is 0 Å². The van der Waals surface area contributed by atoms with Crippen LogP contribution in [0.5, 0.6) is 0 Å². The van der Waals surface area contributed by atoms with Crippen molar-refractivity contribution in [3.8, 4) is 0 Å². The smallest absolute Gasteiger partial charge is 0.136 e. The number of hydrogen-bond donors (Lipinski definition) is 1. The summed E-state index contributed by atoms with van der Waals surface area (Å²) in [7, 11) is 0. The summed E-state index contributed by atoms with van der Waals surface area (Å²) in [5, 5.41) is 3.67. The van der Waals surface area contributed by atoms with Gasteiger partial charge in [-0.25, -0.2) is 4.39 Å². The predicted molar refractivity (Wildman–Crippen MR) is 87.4 cm³/mol. The fourth-order valence-corrected chi connectivity index (χ4v) is 4.55. The van der Waals surface area contributed by atoms with Gasteiger partial charge in [0.05, 0.1) is 0 Å². The Morgan fingerprint density at radius 3 is 2.90 bits per heavy atom. The van der Waals surface area contributed by atoms with Crippen LogP contribution in [0.25, 0.3) is 0 Å². The van der Waals surface area contributed by atoms with Gasteiger partial charge in [0.15, 0.2) is 0 Å². The third-order valence-electron chi connectivity index (χ3n) is 4.70. The molecule has 2 saturated heterocycles. The maximum atomic E-state index is 13.6. The van der Waals surface area contributed by atoms with Gasteiger partial charge in [0.2, 0.25) is 0 Å². The Hall–Kier alpha value is -0.580. The molecule has 2 fully saturated rings. The molecule has 0 spiro atoms. The molecule has 0 radical (unpaired) electrons. The Kier molecular flexibility index (Phi) is 5.55. The van der Waals surface area contributed by atoms with Gasteiger partial charge in [-0.15, -0.1) is 11.8 Å². The molecular formula is C17H25FN2S. The second kappa shape index (κ2) is 7.61. The van der Waals surface area contributed by atoms with Crippen LogP contribution in [0.4, 0.5) is 4.39 Å². The molecule has 0 amide bonds. The Morgan fingerprint density at radius 2 is 2.10 bits per heavy atom. The van der Waals surface area contributed by atoms with Gasteiger partial charge in [0, 0.05) is 29.3 Å². The van der Waals surface area contributed by atoms with Crippen LogP contribution in [0, 0.1) is 5.82 Å². The molecule has 0 aliphatic carbocycles. The van der Waals surface area contributed by atoms with Crippen LogP contribution in [0.3, 0.4) is 0 Å². The zero-order chi connectivity index (χ0) is 14.5. The quantitative estimate of drug-likeness (QED) is 0.838. The SMILES string of the molecule is Fc1ccccc1SCCN1CCCCC1C1CCCN1. The molecule has 2 heterocycles. The topological polar surface area (TPSA) is 15.3 Å². The molecule has 2 nitrogen and oxygen atoms in total. The third-order valence-corrected chi connectivity index (χ3v) is 5.73. The molecule has 1 aromatic rings. The van der Waals surface area contributed by atoms with Crippen LogP contribution in [-0.2, 0) is 0 Å². The molecule has 2 unspecified atom stereocenters. The van der Waals surface area contributed by atoms with Gasteiger partial charge >= 0.3 is 0 Å². The minimum absolute atomic E-state index is 0.0878. The summed E-state index contributed by atoms with van der Waals surface area (Å²) in [4.78, 5) is 3.42. The highest BCUT2D eigenvalue weighted by molar-refractivity contribution is 7.99. The summed E-state index contributed by atoms with van der Waals surface area (Å²) in [6.45, 7) is 3.46. The van der Waals surface area contributed by atoms with E-state index in [-0.39, 0.29) is 5.82 Å². The number of piperidine rings is 1. The van der Waals surface area contributed by atoms with Crippen LogP contribution in [0.15, 0.2) is 29.2 Å². The van der Waals surface area contributed by atoms with Crippen molar-refractivity contribution in [3.05, 3.63) is 30.1 Å². The highest BCUT2D eigenvalue weighted by atomic mass is 32.2. The minimum Gasteiger partial charge on any atom is -0.312 e. The van der Waals surface area contributed by atoms with Crippen molar-refractivity contribution in [2.75, 3.05) is 25.4 Å². The van der Waals surface area contributed by atoms with E-state index < -0.39 is 0 Å². The van der Waals surface area contributed by atoms with Crippen LogP contribution in [-0.4, -0.2) is 42.4 Å². The molecule has 21 heavy (non-hydrogen) atoms. The monoisotopic (exact) mass is 308 g/mol. The number of benzene rings is 1. The molecule has 0 bridgehead atoms. The van der Waals surface area contributed by atoms with Gasteiger partial charge < -0.3 is 5.32 Å².